The summed E-state index contributed by atoms with van der Waals surface area (Å²) in [5.41, 5.74) is 8.94. The van der Waals surface area contributed by atoms with Gasteiger partial charge in [-0.05, 0) is 31.2 Å². The topological polar surface area (TPSA) is 120 Å². The molecule has 142 valence electrons. The molecule has 3 heterocycles. The number of hydrogen-bond donors (Lipinski definition) is 2. The number of nitrogen functional groups attached to an aromatic ring is 1. The second-order valence-electron chi connectivity index (χ2n) is 6.82. The minimum atomic E-state index is -0.630. The van der Waals surface area contributed by atoms with Crippen molar-refractivity contribution in [2.24, 2.45) is 0 Å². The highest BCUT2D eigenvalue weighted by Crippen LogP contribution is 2.28. The van der Waals surface area contributed by atoms with Gasteiger partial charge in [0, 0.05) is 17.7 Å². The molecule has 0 fully saturated rings. The zero-order valence-corrected chi connectivity index (χ0v) is 15.2. The molecule has 3 N–H and O–H groups in total. The van der Waals surface area contributed by atoms with Gasteiger partial charge in [0.15, 0.2) is 5.58 Å². The molecule has 0 saturated heterocycles. The Balaban J connectivity index is 1.67. The Morgan fingerprint density at radius 1 is 1.03 bits per heavy atom. The van der Waals surface area contributed by atoms with Crippen molar-refractivity contribution in [3.63, 3.8) is 0 Å². The van der Waals surface area contributed by atoms with Gasteiger partial charge in [0.1, 0.15) is 11.3 Å². The summed E-state index contributed by atoms with van der Waals surface area (Å²) in [7, 11) is 0. The van der Waals surface area contributed by atoms with E-state index in [-0.39, 0.29) is 16.9 Å². The summed E-state index contributed by atoms with van der Waals surface area (Å²) in [6.07, 6.45) is 0. The number of carbonyl (C=O) groups excluding carboxylic acids is 2. The van der Waals surface area contributed by atoms with Crippen molar-refractivity contribution < 1.29 is 14.0 Å². The molecule has 8 heteroatoms. The average molecular weight is 386 g/mol. The number of imide groups is 1. The minimum absolute atomic E-state index is 0.00674. The standard InChI is InChI=1S/C21H14N4O4/c1-10-3-2-4-11(7-10)21-23-14-6-5-12(8-15(14)29-21)25-16(26)9-13-17(18(25)22)20(28)24-19(13)27/h2-9H,22H2,1H3,(H,24,27,28). The molecule has 1 aliphatic heterocycles. The van der Waals surface area contributed by atoms with Crippen LogP contribution < -0.4 is 16.6 Å². The largest absolute Gasteiger partial charge is 0.436 e. The van der Waals surface area contributed by atoms with Crippen LogP contribution in [0.5, 0.6) is 0 Å². The second-order valence-corrected chi connectivity index (χ2v) is 6.82. The van der Waals surface area contributed by atoms with Crippen LogP contribution in [0.3, 0.4) is 0 Å². The SMILES string of the molecule is Cc1cccc(-c2nc3ccc(-n4c(N)c5c(cc4=O)C(=O)NC5=O)cc3o2)c1. The first-order chi connectivity index (χ1) is 13.9. The summed E-state index contributed by atoms with van der Waals surface area (Å²) >= 11 is 0. The molecule has 2 aromatic heterocycles. The van der Waals surface area contributed by atoms with Gasteiger partial charge in [-0.1, -0.05) is 17.7 Å². The highest BCUT2D eigenvalue weighted by atomic mass is 16.3. The van der Waals surface area contributed by atoms with Gasteiger partial charge in [-0.2, -0.15) is 0 Å². The molecule has 29 heavy (non-hydrogen) atoms. The van der Waals surface area contributed by atoms with E-state index in [2.05, 4.69) is 10.3 Å². The molecule has 2 amide bonds. The molecular weight excluding hydrogens is 372 g/mol. The van der Waals surface area contributed by atoms with Gasteiger partial charge in [-0.3, -0.25) is 24.3 Å². The normalized spacial score (nSPS) is 13.0. The van der Waals surface area contributed by atoms with Crippen LogP contribution in [0.15, 0.2) is 57.7 Å². The number of amides is 2. The van der Waals surface area contributed by atoms with E-state index in [0.29, 0.717) is 22.7 Å². The Labute approximate surface area is 163 Å². The van der Waals surface area contributed by atoms with Crippen LogP contribution in [0.4, 0.5) is 5.82 Å². The van der Waals surface area contributed by atoms with Crippen LogP contribution in [0.2, 0.25) is 0 Å². The number of fused-ring (bicyclic) bond motifs is 2. The number of anilines is 1. The summed E-state index contributed by atoms with van der Waals surface area (Å²) in [4.78, 5) is 40.9. The maximum atomic E-state index is 12.6. The molecule has 0 aliphatic carbocycles. The van der Waals surface area contributed by atoms with Gasteiger partial charge >= 0.3 is 0 Å². The van der Waals surface area contributed by atoms with Crippen molar-refractivity contribution >= 4 is 28.7 Å². The van der Waals surface area contributed by atoms with E-state index in [1.807, 2.05) is 31.2 Å². The summed E-state index contributed by atoms with van der Waals surface area (Å²) in [6, 6.07) is 13.9. The Kier molecular flexibility index (Phi) is 3.44. The van der Waals surface area contributed by atoms with Crippen LogP contribution in [0.25, 0.3) is 28.2 Å². The predicted octanol–water partition coefficient (Wildman–Crippen LogP) is 2.42. The first-order valence-corrected chi connectivity index (χ1v) is 8.81. The van der Waals surface area contributed by atoms with E-state index in [1.54, 1.807) is 18.2 Å². The fourth-order valence-corrected chi connectivity index (χ4v) is 3.50. The monoisotopic (exact) mass is 386 g/mol. The van der Waals surface area contributed by atoms with E-state index in [9.17, 15) is 14.4 Å². The van der Waals surface area contributed by atoms with Crippen LogP contribution >= 0.6 is 0 Å². The third-order valence-electron chi connectivity index (χ3n) is 4.85. The molecule has 0 unspecified atom stereocenters. The number of hydrogen-bond acceptors (Lipinski definition) is 6. The zero-order valence-electron chi connectivity index (χ0n) is 15.2. The number of carbonyl (C=O) groups is 2. The first kappa shape index (κ1) is 16.9. The zero-order chi connectivity index (χ0) is 20.3. The molecule has 1 aliphatic rings. The minimum Gasteiger partial charge on any atom is -0.436 e. The highest BCUT2D eigenvalue weighted by Gasteiger charge is 2.31. The number of nitrogens with zero attached hydrogens (tertiary/aromatic N) is 2. The molecule has 0 spiro atoms. The molecule has 0 radical (unpaired) electrons. The number of benzene rings is 2. The second kappa shape index (κ2) is 5.90. The number of oxazole rings is 1. The average Bonchev–Trinajstić information content (AvgIpc) is 3.22. The van der Waals surface area contributed by atoms with Gasteiger partial charge in [-0.25, -0.2) is 4.98 Å². The predicted molar refractivity (Wildman–Crippen MR) is 106 cm³/mol. The van der Waals surface area contributed by atoms with E-state index in [4.69, 9.17) is 10.2 Å². The van der Waals surface area contributed by atoms with Crippen molar-refractivity contribution in [3.05, 3.63) is 75.6 Å². The number of nitrogens with one attached hydrogen (secondary N) is 1. The molecule has 2 aromatic carbocycles. The molecule has 0 bridgehead atoms. The fourth-order valence-electron chi connectivity index (χ4n) is 3.50. The van der Waals surface area contributed by atoms with Gasteiger partial charge in [0.2, 0.25) is 5.89 Å². The Bertz CT molecular complexity index is 1410. The Morgan fingerprint density at radius 3 is 2.66 bits per heavy atom. The van der Waals surface area contributed by atoms with Crippen LogP contribution in [0, 0.1) is 6.92 Å². The highest BCUT2D eigenvalue weighted by molar-refractivity contribution is 6.23. The van der Waals surface area contributed by atoms with Gasteiger partial charge in [-0.15, -0.1) is 0 Å². The van der Waals surface area contributed by atoms with Gasteiger partial charge in [0.25, 0.3) is 17.4 Å². The van der Waals surface area contributed by atoms with Crippen molar-refractivity contribution in [3.8, 4) is 17.1 Å². The van der Waals surface area contributed by atoms with E-state index in [1.165, 1.54) is 4.57 Å². The summed E-state index contributed by atoms with van der Waals surface area (Å²) in [5, 5.41) is 2.15. The summed E-state index contributed by atoms with van der Waals surface area (Å²) < 4.78 is 7.05. The molecule has 0 atom stereocenters. The molecular formula is C21H14N4O4. The van der Waals surface area contributed by atoms with Crippen LogP contribution in [-0.2, 0) is 0 Å². The van der Waals surface area contributed by atoms with Gasteiger partial charge < -0.3 is 10.2 Å². The number of aryl methyl sites for hydroxylation is 1. The Hall–Kier alpha value is -4.20. The maximum Gasteiger partial charge on any atom is 0.262 e. The molecule has 8 nitrogen and oxygen atoms in total. The Morgan fingerprint density at radius 2 is 1.86 bits per heavy atom. The van der Waals surface area contributed by atoms with Crippen LogP contribution in [-0.4, -0.2) is 21.4 Å². The van der Waals surface area contributed by atoms with Crippen molar-refractivity contribution in [1.82, 2.24) is 14.9 Å². The molecule has 5 rings (SSSR count). The maximum absolute atomic E-state index is 12.6. The lowest BCUT2D eigenvalue weighted by Gasteiger charge is -2.11. The number of rotatable bonds is 2. The lowest BCUT2D eigenvalue weighted by atomic mass is 10.1. The van der Waals surface area contributed by atoms with E-state index >= 15 is 0 Å². The quantitative estimate of drug-likeness (QED) is 0.511. The van der Waals surface area contributed by atoms with Gasteiger partial charge in [0.05, 0.1) is 16.8 Å². The lowest BCUT2D eigenvalue weighted by molar-refractivity contribution is 0.0880. The smallest absolute Gasteiger partial charge is 0.262 e. The fraction of sp³-hybridized carbons (Fsp3) is 0.0476. The summed E-state index contributed by atoms with van der Waals surface area (Å²) in [6.45, 7) is 1.98. The third-order valence-corrected chi connectivity index (χ3v) is 4.85. The first-order valence-electron chi connectivity index (χ1n) is 8.81. The number of aromatic nitrogens is 2. The molecule has 4 aromatic rings. The van der Waals surface area contributed by atoms with Crippen molar-refractivity contribution in [2.75, 3.05) is 5.73 Å². The van der Waals surface area contributed by atoms with E-state index in [0.717, 1.165) is 17.2 Å². The molecule has 0 saturated carbocycles. The van der Waals surface area contributed by atoms with Crippen molar-refractivity contribution in [2.45, 2.75) is 6.92 Å². The lowest BCUT2D eigenvalue weighted by Crippen LogP contribution is -2.24. The summed E-state index contributed by atoms with van der Waals surface area (Å²) in [5.74, 6) is -0.901. The van der Waals surface area contributed by atoms with Crippen LogP contribution in [0.1, 0.15) is 26.3 Å². The third kappa shape index (κ3) is 2.53. The van der Waals surface area contributed by atoms with Crippen molar-refractivity contribution in [1.29, 1.82) is 0 Å². The number of nitrogens with two attached hydrogens (primary N) is 1. The number of pyridine rings is 1. The van der Waals surface area contributed by atoms with E-state index < -0.39 is 17.4 Å².